The van der Waals surface area contributed by atoms with Crippen LogP contribution in [0.25, 0.3) is 0 Å². The standard InChI is InChI=1S/C9H10N4OS/c1-6-12-13-9(14-6)5-15-7-2-3-8(10)11-4-7/h2-4H,5H2,1H3,(H2,10,11). The summed E-state index contributed by atoms with van der Waals surface area (Å²) in [4.78, 5) is 5.01. The smallest absolute Gasteiger partial charge is 0.226 e. The van der Waals surface area contributed by atoms with Crippen molar-refractivity contribution in [3.63, 3.8) is 0 Å². The maximum Gasteiger partial charge on any atom is 0.226 e. The molecule has 0 aliphatic rings. The second-order valence-electron chi connectivity index (χ2n) is 2.92. The number of hydrogen-bond acceptors (Lipinski definition) is 6. The van der Waals surface area contributed by atoms with Gasteiger partial charge in [0.15, 0.2) is 0 Å². The summed E-state index contributed by atoms with van der Waals surface area (Å²) in [6.45, 7) is 1.77. The fourth-order valence-electron chi connectivity index (χ4n) is 1.02. The van der Waals surface area contributed by atoms with Crippen LogP contribution in [0.5, 0.6) is 0 Å². The Balaban J connectivity index is 1.96. The maximum atomic E-state index is 5.48. The second kappa shape index (κ2) is 4.31. The summed E-state index contributed by atoms with van der Waals surface area (Å²) < 4.78 is 5.24. The molecular weight excluding hydrogens is 212 g/mol. The van der Waals surface area contributed by atoms with Gasteiger partial charge in [-0.15, -0.1) is 22.0 Å². The molecule has 0 unspecified atom stereocenters. The molecule has 2 aromatic rings. The molecule has 0 fully saturated rings. The molecule has 2 heterocycles. The monoisotopic (exact) mass is 222 g/mol. The average Bonchev–Trinajstić information content (AvgIpc) is 2.64. The first-order valence-corrected chi connectivity index (χ1v) is 5.36. The number of aryl methyl sites for hydroxylation is 1. The minimum atomic E-state index is 0.521. The van der Waals surface area contributed by atoms with Gasteiger partial charge in [0.1, 0.15) is 5.82 Å². The molecule has 5 nitrogen and oxygen atoms in total. The van der Waals surface area contributed by atoms with E-state index in [1.54, 1.807) is 30.9 Å². The highest BCUT2D eigenvalue weighted by Gasteiger charge is 2.03. The van der Waals surface area contributed by atoms with Gasteiger partial charge in [0, 0.05) is 18.0 Å². The summed E-state index contributed by atoms with van der Waals surface area (Å²) in [5, 5.41) is 7.64. The number of rotatable bonds is 3. The zero-order valence-electron chi connectivity index (χ0n) is 8.17. The van der Waals surface area contributed by atoms with E-state index in [1.807, 2.05) is 6.07 Å². The molecule has 0 aliphatic heterocycles. The van der Waals surface area contributed by atoms with Gasteiger partial charge < -0.3 is 10.2 Å². The maximum absolute atomic E-state index is 5.48. The Labute approximate surface area is 91.1 Å². The van der Waals surface area contributed by atoms with Gasteiger partial charge in [0.2, 0.25) is 11.8 Å². The largest absolute Gasteiger partial charge is 0.425 e. The Morgan fingerprint density at radius 1 is 1.40 bits per heavy atom. The first-order chi connectivity index (χ1) is 7.24. The SMILES string of the molecule is Cc1nnc(CSc2ccc(N)nc2)o1. The van der Waals surface area contributed by atoms with E-state index in [1.165, 1.54) is 0 Å². The Bertz CT molecular complexity index is 440. The van der Waals surface area contributed by atoms with Gasteiger partial charge in [-0.1, -0.05) is 0 Å². The number of nitrogen functional groups attached to an aromatic ring is 1. The summed E-state index contributed by atoms with van der Waals surface area (Å²) >= 11 is 1.58. The predicted octanol–water partition coefficient (Wildman–Crippen LogP) is 1.65. The minimum Gasteiger partial charge on any atom is -0.425 e. The lowest BCUT2D eigenvalue weighted by Crippen LogP contribution is -1.88. The highest BCUT2D eigenvalue weighted by molar-refractivity contribution is 7.98. The Kier molecular flexibility index (Phi) is 2.86. The normalized spacial score (nSPS) is 10.5. The van der Waals surface area contributed by atoms with E-state index >= 15 is 0 Å². The zero-order chi connectivity index (χ0) is 10.7. The number of aromatic nitrogens is 3. The molecule has 78 valence electrons. The molecule has 0 saturated heterocycles. The molecule has 0 aliphatic carbocycles. The molecule has 2 aromatic heterocycles. The van der Waals surface area contributed by atoms with Crippen molar-refractivity contribution in [1.29, 1.82) is 0 Å². The van der Waals surface area contributed by atoms with Gasteiger partial charge in [0.05, 0.1) is 5.75 Å². The van der Waals surface area contributed by atoms with E-state index in [0.717, 1.165) is 4.90 Å². The third kappa shape index (κ3) is 2.69. The van der Waals surface area contributed by atoms with Crippen LogP contribution in [0.2, 0.25) is 0 Å². The van der Waals surface area contributed by atoms with E-state index in [2.05, 4.69) is 15.2 Å². The fourth-order valence-corrected chi connectivity index (χ4v) is 1.72. The number of anilines is 1. The van der Waals surface area contributed by atoms with Crippen molar-refractivity contribution in [2.45, 2.75) is 17.6 Å². The number of nitrogens with zero attached hydrogens (tertiary/aromatic N) is 3. The van der Waals surface area contributed by atoms with Gasteiger partial charge in [-0.25, -0.2) is 4.98 Å². The first-order valence-electron chi connectivity index (χ1n) is 4.37. The van der Waals surface area contributed by atoms with Crippen LogP contribution >= 0.6 is 11.8 Å². The Morgan fingerprint density at radius 3 is 2.87 bits per heavy atom. The van der Waals surface area contributed by atoms with Crippen LogP contribution in [0.4, 0.5) is 5.82 Å². The lowest BCUT2D eigenvalue weighted by atomic mass is 10.5. The first kappa shape index (κ1) is 9.97. The van der Waals surface area contributed by atoms with Crippen LogP contribution in [0.3, 0.4) is 0 Å². The summed E-state index contributed by atoms with van der Waals surface area (Å²) in [7, 11) is 0. The number of pyridine rings is 1. The van der Waals surface area contributed by atoms with Crippen molar-refractivity contribution in [1.82, 2.24) is 15.2 Å². The lowest BCUT2D eigenvalue weighted by molar-refractivity contribution is 0.485. The zero-order valence-corrected chi connectivity index (χ0v) is 8.99. The van der Waals surface area contributed by atoms with Gasteiger partial charge in [-0.05, 0) is 12.1 Å². The minimum absolute atomic E-state index is 0.521. The molecule has 0 spiro atoms. The molecular formula is C9H10N4OS. The summed E-state index contributed by atoms with van der Waals surface area (Å²) in [5.74, 6) is 2.37. The number of nitrogens with two attached hydrogens (primary N) is 1. The third-order valence-electron chi connectivity index (χ3n) is 1.69. The van der Waals surface area contributed by atoms with Gasteiger partial charge in [-0.3, -0.25) is 0 Å². The van der Waals surface area contributed by atoms with Crippen molar-refractivity contribution in [2.24, 2.45) is 0 Å². The van der Waals surface area contributed by atoms with Crippen molar-refractivity contribution < 1.29 is 4.42 Å². The molecule has 0 saturated carbocycles. The number of hydrogen-bond donors (Lipinski definition) is 1. The third-order valence-corrected chi connectivity index (χ3v) is 2.66. The van der Waals surface area contributed by atoms with Gasteiger partial charge in [-0.2, -0.15) is 0 Å². The van der Waals surface area contributed by atoms with Crippen molar-refractivity contribution in [3.8, 4) is 0 Å². The van der Waals surface area contributed by atoms with E-state index < -0.39 is 0 Å². The topological polar surface area (TPSA) is 77.8 Å². The van der Waals surface area contributed by atoms with Crippen LogP contribution < -0.4 is 5.73 Å². The molecule has 15 heavy (non-hydrogen) atoms. The molecule has 6 heteroatoms. The summed E-state index contributed by atoms with van der Waals surface area (Å²) in [5.41, 5.74) is 5.48. The predicted molar refractivity (Wildman–Crippen MR) is 57.2 cm³/mol. The highest BCUT2D eigenvalue weighted by Crippen LogP contribution is 2.21. The van der Waals surface area contributed by atoms with E-state index in [4.69, 9.17) is 10.2 Å². The quantitative estimate of drug-likeness (QED) is 0.795. The van der Waals surface area contributed by atoms with Crippen molar-refractivity contribution in [2.75, 3.05) is 5.73 Å². The molecule has 0 bridgehead atoms. The molecule has 2 N–H and O–H groups in total. The molecule has 0 atom stereocenters. The molecule has 0 radical (unpaired) electrons. The molecule has 0 aromatic carbocycles. The second-order valence-corrected chi connectivity index (χ2v) is 3.97. The van der Waals surface area contributed by atoms with Crippen LogP contribution in [0.15, 0.2) is 27.6 Å². The van der Waals surface area contributed by atoms with Crippen molar-refractivity contribution >= 4 is 17.6 Å². The van der Waals surface area contributed by atoms with Gasteiger partial charge >= 0.3 is 0 Å². The summed E-state index contributed by atoms with van der Waals surface area (Å²) in [6.07, 6.45) is 1.73. The summed E-state index contributed by atoms with van der Waals surface area (Å²) in [6, 6.07) is 3.68. The fraction of sp³-hybridized carbons (Fsp3) is 0.222. The average molecular weight is 222 g/mol. The van der Waals surface area contributed by atoms with E-state index in [0.29, 0.717) is 23.4 Å². The van der Waals surface area contributed by atoms with Gasteiger partial charge in [0.25, 0.3) is 0 Å². The van der Waals surface area contributed by atoms with Crippen molar-refractivity contribution in [3.05, 3.63) is 30.1 Å². The van der Waals surface area contributed by atoms with Crippen LogP contribution in [0.1, 0.15) is 11.8 Å². The van der Waals surface area contributed by atoms with Crippen LogP contribution in [-0.4, -0.2) is 15.2 Å². The molecule has 2 rings (SSSR count). The van der Waals surface area contributed by atoms with Crippen LogP contribution in [0, 0.1) is 6.92 Å². The van der Waals surface area contributed by atoms with Crippen LogP contribution in [-0.2, 0) is 5.75 Å². The Hall–Kier alpha value is -1.56. The van der Waals surface area contributed by atoms with E-state index in [9.17, 15) is 0 Å². The lowest BCUT2D eigenvalue weighted by Gasteiger charge is -1.97. The number of thioether (sulfide) groups is 1. The Morgan fingerprint density at radius 2 is 2.27 bits per heavy atom. The highest BCUT2D eigenvalue weighted by atomic mass is 32.2. The van der Waals surface area contributed by atoms with E-state index in [-0.39, 0.29) is 0 Å². The molecule has 0 amide bonds.